The van der Waals surface area contributed by atoms with Crippen molar-refractivity contribution < 1.29 is 19.1 Å². The van der Waals surface area contributed by atoms with Crippen molar-refractivity contribution in [2.45, 2.75) is 57.1 Å². The van der Waals surface area contributed by atoms with Gasteiger partial charge in [0.2, 0.25) is 11.8 Å². The highest BCUT2D eigenvalue weighted by Crippen LogP contribution is 2.29. The molecule has 0 aromatic heterocycles. The number of allylic oxidation sites excluding steroid dienone is 2. The predicted octanol–water partition coefficient (Wildman–Crippen LogP) is 4.33. The van der Waals surface area contributed by atoms with Crippen LogP contribution in [0.4, 0.5) is 0 Å². The Kier molecular flexibility index (Phi) is 8.12. The van der Waals surface area contributed by atoms with Crippen molar-refractivity contribution in [2.24, 2.45) is 5.92 Å². The van der Waals surface area contributed by atoms with E-state index in [0.29, 0.717) is 12.8 Å². The molecule has 1 unspecified atom stereocenters. The average Bonchev–Trinajstić information content (AvgIpc) is 2.85. The summed E-state index contributed by atoms with van der Waals surface area (Å²) in [5.41, 5.74) is 3.29. The topological polar surface area (TPSA) is 84.5 Å². The van der Waals surface area contributed by atoms with Crippen LogP contribution < -0.4 is 10.6 Å². The largest absolute Gasteiger partial charge is 0.456 e. The Morgan fingerprint density at radius 1 is 1.00 bits per heavy atom. The van der Waals surface area contributed by atoms with E-state index in [1.807, 2.05) is 54.6 Å². The minimum Gasteiger partial charge on any atom is -0.456 e. The summed E-state index contributed by atoms with van der Waals surface area (Å²) in [6.07, 6.45) is 7.57. The van der Waals surface area contributed by atoms with E-state index >= 15 is 0 Å². The fourth-order valence-electron chi connectivity index (χ4n) is 4.69. The number of carbonyl (C=O) groups excluding carboxylic acids is 3. The zero-order valence-corrected chi connectivity index (χ0v) is 19.4. The van der Waals surface area contributed by atoms with Crippen molar-refractivity contribution in [3.05, 3.63) is 83.4 Å². The minimum absolute atomic E-state index is 0.0100. The van der Waals surface area contributed by atoms with Crippen LogP contribution in [0, 0.1) is 5.92 Å². The normalized spacial score (nSPS) is 23.5. The summed E-state index contributed by atoms with van der Waals surface area (Å²) in [5.74, 6) is -1.10. The summed E-state index contributed by atoms with van der Waals surface area (Å²) in [5, 5.41) is 6.07. The highest BCUT2D eigenvalue weighted by atomic mass is 16.5. The second kappa shape index (κ2) is 11.6. The number of aryl methyl sites for hydroxylation is 1. The Labute approximate surface area is 200 Å². The number of hydrogen-bond donors (Lipinski definition) is 2. The number of benzene rings is 2. The molecule has 3 atom stereocenters. The van der Waals surface area contributed by atoms with Crippen molar-refractivity contribution in [1.82, 2.24) is 10.6 Å². The van der Waals surface area contributed by atoms with Crippen LogP contribution in [0.15, 0.2) is 66.7 Å². The molecule has 6 heteroatoms. The molecule has 2 amide bonds. The molecule has 0 spiro atoms. The third-order valence-corrected chi connectivity index (χ3v) is 6.52. The molecule has 0 saturated heterocycles. The number of amides is 2. The number of cyclic esters (lactones) is 1. The average molecular weight is 461 g/mol. The molecule has 2 aromatic carbocycles. The summed E-state index contributed by atoms with van der Waals surface area (Å²) in [7, 11) is 0. The maximum absolute atomic E-state index is 13.0. The first-order valence-corrected chi connectivity index (χ1v) is 12.1. The predicted molar refractivity (Wildman–Crippen MR) is 130 cm³/mol. The number of esters is 1. The number of rotatable bonds is 4. The van der Waals surface area contributed by atoms with Gasteiger partial charge in [-0.1, -0.05) is 66.7 Å². The molecule has 0 saturated carbocycles. The van der Waals surface area contributed by atoms with Crippen LogP contribution in [0.3, 0.4) is 0 Å². The van der Waals surface area contributed by atoms with Gasteiger partial charge in [-0.05, 0) is 48.8 Å². The highest BCUT2D eigenvalue weighted by Gasteiger charge is 2.26. The smallest absolute Gasteiger partial charge is 0.306 e. The molecule has 0 radical (unpaired) electrons. The van der Waals surface area contributed by atoms with Gasteiger partial charge in [0.15, 0.2) is 0 Å². The zero-order valence-electron chi connectivity index (χ0n) is 19.4. The van der Waals surface area contributed by atoms with Crippen LogP contribution >= 0.6 is 0 Å². The summed E-state index contributed by atoms with van der Waals surface area (Å²) >= 11 is 0. The van der Waals surface area contributed by atoms with Gasteiger partial charge >= 0.3 is 5.97 Å². The van der Waals surface area contributed by atoms with Crippen LogP contribution in [-0.2, 0) is 25.5 Å². The van der Waals surface area contributed by atoms with Crippen LogP contribution in [0.5, 0.6) is 0 Å². The highest BCUT2D eigenvalue weighted by molar-refractivity contribution is 5.86. The van der Waals surface area contributed by atoms with Gasteiger partial charge in [-0.25, -0.2) is 0 Å². The molecule has 178 valence electrons. The zero-order chi connectivity index (χ0) is 23.8. The van der Waals surface area contributed by atoms with E-state index in [1.165, 1.54) is 11.1 Å². The van der Waals surface area contributed by atoms with E-state index in [4.69, 9.17) is 4.74 Å². The summed E-state index contributed by atoms with van der Waals surface area (Å²) < 4.78 is 5.64. The lowest BCUT2D eigenvalue weighted by atomic mass is 9.87. The molecule has 2 aromatic rings. The Morgan fingerprint density at radius 2 is 1.79 bits per heavy atom. The fraction of sp³-hybridized carbons (Fsp3) is 0.393. The number of hydrogen-bond acceptors (Lipinski definition) is 4. The lowest BCUT2D eigenvalue weighted by Gasteiger charge is -2.27. The standard InChI is InChI=1S/C28H32N2O4/c31-26(30-24-16-9-14-20-10-7-8-15-23(20)24)18-22-13-5-2-6-17-27(32)34-25(19-29-28(22)33)21-11-3-1-4-12-21/h1-5,7-8,10-12,15,22,24-25H,6,9,13-14,16-19H2,(H,29,33)(H,30,31)/t22-,24?,25-/m0/s1. The van der Waals surface area contributed by atoms with Gasteiger partial charge in [0.1, 0.15) is 6.10 Å². The Bertz CT molecular complexity index is 1030. The quantitative estimate of drug-likeness (QED) is 0.526. The van der Waals surface area contributed by atoms with Crippen LogP contribution in [-0.4, -0.2) is 24.3 Å². The van der Waals surface area contributed by atoms with Crippen molar-refractivity contribution >= 4 is 17.8 Å². The van der Waals surface area contributed by atoms with Gasteiger partial charge in [-0.3, -0.25) is 14.4 Å². The molecule has 6 nitrogen and oxygen atoms in total. The molecule has 0 bridgehead atoms. The third-order valence-electron chi connectivity index (χ3n) is 6.52. The van der Waals surface area contributed by atoms with Gasteiger partial charge in [0, 0.05) is 12.8 Å². The summed E-state index contributed by atoms with van der Waals surface area (Å²) in [6.45, 7) is 0.173. The van der Waals surface area contributed by atoms with Crippen molar-refractivity contribution in [2.75, 3.05) is 6.54 Å². The van der Waals surface area contributed by atoms with E-state index in [1.54, 1.807) is 0 Å². The third kappa shape index (κ3) is 6.34. The molecule has 34 heavy (non-hydrogen) atoms. The first kappa shape index (κ1) is 23.7. The maximum Gasteiger partial charge on any atom is 0.306 e. The maximum atomic E-state index is 13.0. The van der Waals surface area contributed by atoms with Crippen molar-refractivity contribution in [3.8, 4) is 0 Å². The van der Waals surface area contributed by atoms with Crippen LogP contribution in [0.25, 0.3) is 0 Å². The van der Waals surface area contributed by atoms with Gasteiger partial charge in [0.05, 0.1) is 18.5 Å². The van der Waals surface area contributed by atoms with Gasteiger partial charge in [-0.15, -0.1) is 0 Å². The SMILES string of the molecule is O=C(C[C@@H]1CC=CCCC(=O)O[C@H](c2ccccc2)CNC1=O)NC1CCCc2ccccc21. The fourth-order valence-corrected chi connectivity index (χ4v) is 4.69. The van der Waals surface area contributed by atoms with Gasteiger partial charge in [-0.2, -0.15) is 0 Å². The number of carbonyl (C=O) groups is 3. The van der Waals surface area contributed by atoms with Crippen molar-refractivity contribution in [3.63, 3.8) is 0 Å². The molecule has 2 aliphatic rings. The number of nitrogens with one attached hydrogen (secondary N) is 2. The molecular weight excluding hydrogens is 428 g/mol. The molecule has 1 heterocycles. The van der Waals surface area contributed by atoms with Crippen LogP contribution in [0.1, 0.15) is 67.4 Å². The Balaban J connectivity index is 1.42. The Hall–Kier alpha value is -3.41. The first-order chi connectivity index (χ1) is 16.6. The first-order valence-electron chi connectivity index (χ1n) is 12.1. The van der Waals surface area contributed by atoms with E-state index in [2.05, 4.69) is 22.8 Å². The van der Waals surface area contributed by atoms with Crippen LogP contribution in [0.2, 0.25) is 0 Å². The number of ether oxygens (including phenoxy) is 1. The summed E-state index contributed by atoms with van der Waals surface area (Å²) in [6, 6.07) is 17.6. The monoisotopic (exact) mass is 460 g/mol. The molecule has 0 fully saturated rings. The Morgan fingerprint density at radius 3 is 2.65 bits per heavy atom. The molecule has 2 N–H and O–H groups in total. The van der Waals surface area contributed by atoms with E-state index in [9.17, 15) is 14.4 Å². The minimum atomic E-state index is -0.561. The second-order valence-corrected chi connectivity index (χ2v) is 8.99. The lowest BCUT2D eigenvalue weighted by Crippen LogP contribution is -2.38. The summed E-state index contributed by atoms with van der Waals surface area (Å²) in [4.78, 5) is 38.2. The molecule has 1 aliphatic carbocycles. The second-order valence-electron chi connectivity index (χ2n) is 8.99. The van der Waals surface area contributed by atoms with Crippen molar-refractivity contribution in [1.29, 1.82) is 0 Å². The van der Waals surface area contributed by atoms with E-state index in [-0.39, 0.29) is 43.2 Å². The van der Waals surface area contributed by atoms with Gasteiger partial charge in [0.25, 0.3) is 0 Å². The van der Waals surface area contributed by atoms with E-state index in [0.717, 1.165) is 24.8 Å². The molecular formula is C28H32N2O4. The lowest BCUT2D eigenvalue weighted by molar-refractivity contribution is -0.150. The number of fused-ring (bicyclic) bond motifs is 1. The molecule has 1 aliphatic heterocycles. The molecule has 4 rings (SSSR count). The van der Waals surface area contributed by atoms with E-state index < -0.39 is 12.0 Å². The van der Waals surface area contributed by atoms with Gasteiger partial charge < -0.3 is 15.4 Å².